The van der Waals surface area contributed by atoms with E-state index < -0.39 is 6.17 Å². The van der Waals surface area contributed by atoms with Crippen LogP contribution in [0, 0.1) is 6.92 Å². The predicted molar refractivity (Wildman–Crippen MR) is 61.9 cm³/mol. The van der Waals surface area contributed by atoms with Crippen molar-refractivity contribution in [2.24, 2.45) is 0 Å². The van der Waals surface area contributed by atoms with E-state index in [0.29, 0.717) is 0 Å². The molecule has 1 aromatic rings. The zero-order valence-corrected chi connectivity index (χ0v) is 9.59. The molecule has 1 heteroatoms. The first-order valence-electron chi connectivity index (χ1n) is 5.87. The van der Waals surface area contributed by atoms with Gasteiger partial charge in [-0.1, -0.05) is 37.1 Å². The smallest absolute Gasteiger partial charge is 0.107 e. The summed E-state index contributed by atoms with van der Waals surface area (Å²) in [6.07, 6.45) is 3.62. The van der Waals surface area contributed by atoms with Crippen LogP contribution in [0.5, 0.6) is 0 Å². The van der Waals surface area contributed by atoms with E-state index in [0.717, 1.165) is 12.8 Å². The SMILES string of the molecule is Cc1ccccc1C1(C(C)F)CCCC1. The van der Waals surface area contributed by atoms with E-state index in [1.165, 1.54) is 24.0 Å². The van der Waals surface area contributed by atoms with E-state index in [2.05, 4.69) is 19.1 Å². The topological polar surface area (TPSA) is 0 Å². The zero-order valence-electron chi connectivity index (χ0n) is 9.59. The van der Waals surface area contributed by atoms with Crippen LogP contribution in [0.25, 0.3) is 0 Å². The second kappa shape index (κ2) is 3.96. The second-order valence-electron chi connectivity index (χ2n) is 4.79. The molecule has 0 saturated heterocycles. The Morgan fingerprint density at radius 3 is 2.33 bits per heavy atom. The second-order valence-corrected chi connectivity index (χ2v) is 4.79. The van der Waals surface area contributed by atoms with Gasteiger partial charge in [-0.15, -0.1) is 0 Å². The highest BCUT2D eigenvalue weighted by molar-refractivity contribution is 5.35. The molecule has 1 aliphatic rings. The third-order valence-electron chi connectivity index (χ3n) is 3.94. The Hall–Kier alpha value is -0.850. The van der Waals surface area contributed by atoms with Gasteiger partial charge in [0, 0.05) is 5.41 Å². The van der Waals surface area contributed by atoms with Gasteiger partial charge in [-0.3, -0.25) is 0 Å². The Labute approximate surface area is 91.5 Å². The summed E-state index contributed by atoms with van der Waals surface area (Å²) in [6.45, 7) is 3.82. The molecule has 1 atom stereocenters. The third kappa shape index (κ3) is 1.68. The van der Waals surface area contributed by atoms with Crippen LogP contribution in [-0.4, -0.2) is 6.17 Å². The summed E-state index contributed by atoms with van der Waals surface area (Å²) in [6, 6.07) is 8.27. The van der Waals surface area contributed by atoms with Crippen molar-refractivity contribution in [3.63, 3.8) is 0 Å². The van der Waals surface area contributed by atoms with Gasteiger partial charge in [0.15, 0.2) is 0 Å². The minimum atomic E-state index is -0.735. The number of hydrogen-bond donors (Lipinski definition) is 0. The lowest BCUT2D eigenvalue weighted by Gasteiger charge is -2.32. The largest absolute Gasteiger partial charge is 0.247 e. The molecule has 1 unspecified atom stereocenters. The number of hydrogen-bond acceptors (Lipinski definition) is 0. The lowest BCUT2D eigenvalue weighted by Crippen LogP contribution is -2.32. The first-order valence-corrected chi connectivity index (χ1v) is 5.87. The molecule has 0 amide bonds. The normalized spacial score (nSPS) is 21.5. The van der Waals surface area contributed by atoms with Crippen LogP contribution in [0.15, 0.2) is 24.3 Å². The quantitative estimate of drug-likeness (QED) is 0.681. The summed E-state index contributed by atoms with van der Waals surface area (Å²) in [7, 11) is 0. The summed E-state index contributed by atoms with van der Waals surface area (Å²) in [4.78, 5) is 0. The molecule has 1 aliphatic carbocycles. The number of rotatable bonds is 2. The van der Waals surface area contributed by atoms with Crippen molar-refractivity contribution in [1.29, 1.82) is 0 Å². The molecule has 0 bridgehead atoms. The molecule has 0 heterocycles. The molecule has 1 saturated carbocycles. The first-order chi connectivity index (χ1) is 7.17. The third-order valence-corrected chi connectivity index (χ3v) is 3.94. The van der Waals surface area contributed by atoms with Crippen molar-refractivity contribution < 1.29 is 4.39 Å². The molecule has 15 heavy (non-hydrogen) atoms. The fraction of sp³-hybridized carbons (Fsp3) is 0.571. The number of benzene rings is 1. The molecule has 0 aromatic heterocycles. The molecule has 0 aliphatic heterocycles. The van der Waals surface area contributed by atoms with Gasteiger partial charge >= 0.3 is 0 Å². The molecule has 1 aromatic carbocycles. The minimum Gasteiger partial charge on any atom is -0.247 e. The molecule has 0 nitrogen and oxygen atoms in total. The van der Waals surface area contributed by atoms with Crippen molar-refractivity contribution in [1.82, 2.24) is 0 Å². The highest BCUT2D eigenvalue weighted by atomic mass is 19.1. The van der Waals surface area contributed by atoms with E-state index in [1.54, 1.807) is 6.92 Å². The van der Waals surface area contributed by atoms with Gasteiger partial charge in [0.2, 0.25) is 0 Å². The predicted octanol–water partition coefficient (Wildman–Crippen LogP) is 4.16. The zero-order chi connectivity index (χ0) is 10.9. The Balaban J connectivity index is 2.46. The van der Waals surface area contributed by atoms with Gasteiger partial charge in [0.1, 0.15) is 6.17 Å². The maximum atomic E-state index is 13.9. The van der Waals surface area contributed by atoms with Crippen molar-refractivity contribution >= 4 is 0 Å². The Morgan fingerprint density at radius 2 is 1.80 bits per heavy atom. The van der Waals surface area contributed by atoms with Gasteiger partial charge in [-0.05, 0) is 37.8 Å². The highest BCUT2D eigenvalue weighted by Crippen LogP contribution is 2.45. The van der Waals surface area contributed by atoms with Crippen LogP contribution in [-0.2, 0) is 5.41 Å². The van der Waals surface area contributed by atoms with Crippen LogP contribution in [0.4, 0.5) is 4.39 Å². The monoisotopic (exact) mass is 206 g/mol. The minimum absolute atomic E-state index is 0.189. The first kappa shape index (κ1) is 10.7. The van der Waals surface area contributed by atoms with Crippen molar-refractivity contribution in [3.8, 4) is 0 Å². The molecule has 82 valence electrons. The average Bonchev–Trinajstić information content (AvgIpc) is 2.68. The lowest BCUT2D eigenvalue weighted by atomic mass is 9.74. The summed E-state index contributed by atoms with van der Waals surface area (Å²) >= 11 is 0. The van der Waals surface area contributed by atoms with Gasteiger partial charge < -0.3 is 0 Å². The van der Waals surface area contributed by atoms with Crippen LogP contribution in [0.1, 0.15) is 43.7 Å². The maximum Gasteiger partial charge on any atom is 0.107 e. The number of alkyl halides is 1. The standard InChI is InChI=1S/C14H19F/c1-11-7-3-4-8-13(11)14(12(2)15)9-5-6-10-14/h3-4,7-8,12H,5-6,9-10H2,1-2H3. The number of halogens is 1. The van der Waals surface area contributed by atoms with Crippen molar-refractivity contribution in [2.45, 2.75) is 51.1 Å². The van der Waals surface area contributed by atoms with Gasteiger partial charge in [-0.2, -0.15) is 0 Å². The van der Waals surface area contributed by atoms with E-state index in [1.807, 2.05) is 12.1 Å². The van der Waals surface area contributed by atoms with Crippen molar-refractivity contribution in [2.75, 3.05) is 0 Å². The van der Waals surface area contributed by atoms with Crippen LogP contribution in [0.2, 0.25) is 0 Å². The van der Waals surface area contributed by atoms with E-state index in [-0.39, 0.29) is 5.41 Å². The van der Waals surface area contributed by atoms with Crippen molar-refractivity contribution in [3.05, 3.63) is 35.4 Å². The molecule has 0 radical (unpaired) electrons. The molecular weight excluding hydrogens is 187 g/mol. The van der Waals surface area contributed by atoms with Gasteiger partial charge in [0.25, 0.3) is 0 Å². The fourth-order valence-electron chi connectivity index (χ4n) is 3.02. The molecule has 0 spiro atoms. The van der Waals surface area contributed by atoms with E-state index in [9.17, 15) is 4.39 Å². The van der Waals surface area contributed by atoms with Crippen LogP contribution in [0.3, 0.4) is 0 Å². The van der Waals surface area contributed by atoms with Gasteiger partial charge in [-0.25, -0.2) is 4.39 Å². The maximum absolute atomic E-state index is 13.9. The molecule has 1 fully saturated rings. The Bertz CT molecular complexity index is 335. The average molecular weight is 206 g/mol. The van der Waals surface area contributed by atoms with E-state index >= 15 is 0 Å². The molecule has 0 N–H and O–H groups in total. The Kier molecular flexibility index (Phi) is 2.81. The van der Waals surface area contributed by atoms with E-state index in [4.69, 9.17) is 0 Å². The van der Waals surface area contributed by atoms with Gasteiger partial charge in [0.05, 0.1) is 0 Å². The fourth-order valence-corrected chi connectivity index (χ4v) is 3.02. The summed E-state index contributed by atoms with van der Waals surface area (Å²) in [5, 5.41) is 0. The Morgan fingerprint density at radius 1 is 1.20 bits per heavy atom. The summed E-state index contributed by atoms with van der Waals surface area (Å²) in [5.41, 5.74) is 2.28. The summed E-state index contributed by atoms with van der Waals surface area (Å²) < 4.78 is 13.9. The van der Waals surface area contributed by atoms with Crippen LogP contribution >= 0.6 is 0 Å². The molecular formula is C14H19F. The van der Waals surface area contributed by atoms with Crippen LogP contribution < -0.4 is 0 Å². The summed E-state index contributed by atoms with van der Waals surface area (Å²) in [5.74, 6) is 0. The highest BCUT2D eigenvalue weighted by Gasteiger charge is 2.41. The number of aryl methyl sites for hydroxylation is 1. The molecule has 2 rings (SSSR count). The lowest BCUT2D eigenvalue weighted by molar-refractivity contribution is 0.205.